The second kappa shape index (κ2) is 5.94. The molecular formula is C17H18ClN3S. The summed E-state index contributed by atoms with van der Waals surface area (Å²) >= 11 is 7.88. The van der Waals surface area contributed by atoms with E-state index in [9.17, 15) is 0 Å². The van der Waals surface area contributed by atoms with E-state index in [0.717, 1.165) is 16.1 Å². The normalized spacial score (nSPS) is 13.5. The average molecular weight is 332 g/mol. The number of fused-ring (bicyclic) bond motifs is 1. The minimum Gasteiger partial charge on any atom is -0.227 e. The maximum absolute atomic E-state index is 6.03. The first-order valence-corrected chi connectivity index (χ1v) is 8.43. The number of thioether (sulfide) groups is 1. The van der Waals surface area contributed by atoms with Gasteiger partial charge in [0.15, 0.2) is 0 Å². The number of para-hydroxylation sites is 1. The van der Waals surface area contributed by atoms with Gasteiger partial charge in [0.2, 0.25) is 0 Å². The number of halogens is 1. The molecule has 0 saturated heterocycles. The monoisotopic (exact) mass is 331 g/mol. The molecule has 1 aromatic heterocycles. The smallest absolute Gasteiger partial charge is 0.125 e. The summed E-state index contributed by atoms with van der Waals surface area (Å²) < 4.78 is 2.09. The Labute approximate surface area is 139 Å². The first-order chi connectivity index (χ1) is 10.4. The molecule has 0 unspecified atom stereocenters. The van der Waals surface area contributed by atoms with Crippen molar-refractivity contribution in [1.29, 1.82) is 0 Å². The summed E-state index contributed by atoms with van der Waals surface area (Å²) in [5.74, 6) is 0. The van der Waals surface area contributed by atoms with Crippen LogP contribution in [0.2, 0.25) is 5.02 Å². The predicted molar refractivity (Wildman–Crippen MR) is 94.5 cm³/mol. The zero-order chi connectivity index (χ0) is 15.7. The molecule has 22 heavy (non-hydrogen) atoms. The summed E-state index contributed by atoms with van der Waals surface area (Å²) in [7, 11) is 0. The van der Waals surface area contributed by atoms with Crippen LogP contribution < -0.4 is 0 Å². The van der Waals surface area contributed by atoms with Crippen molar-refractivity contribution in [3.63, 3.8) is 0 Å². The highest BCUT2D eigenvalue weighted by Crippen LogP contribution is 2.40. The highest BCUT2D eigenvalue weighted by molar-refractivity contribution is 8.00. The second-order valence-electron chi connectivity index (χ2n) is 6.16. The van der Waals surface area contributed by atoms with E-state index in [1.54, 1.807) is 0 Å². The summed E-state index contributed by atoms with van der Waals surface area (Å²) in [6, 6.07) is 16.0. The molecule has 5 heteroatoms. The fraction of sp³-hybridized carbons (Fsp3) is 0.294. The van der Waals surface area contributed by atoms with Crippen LogP contribution in [0.5, 0.6) is 0 Å². The summed E-state index contributed by atoms with van der Waals surface area (Å²) in [4.78, 5) is 0. The van der Waals surface area contributed by atoms with Gasteiger partial charge in [-0.05, 0) is 29.8 Å². The molecule has 0 saturated carbocycles. The van der Waals surface area contributed by atoms with Crippen molar-refractivity contribution in [2.75, 3.05) is 0 Å². The van der Waals surface area contributed by atoms with Gasteiger partial charge in [-0.1, -0.05) is 61.9 Å². The molecule has 114 valence electrons. The standard InChI is InChI=1S/C17H18ClN3S/c1-17(2,3)22-16(12-8-10-13(18)11-9-12)21-15-7-5-4-6-14(15)19-20-21/h4-11,16H,1-3H3/t16-/m1/s1. The van der Waals surface area contributed by atoms with Gasteiger partial charge in [-0.15, -0.1) is 16.9 Å². The zero-order valence-corrected chi connectivity index (χ0v) is 14.4. The van der Waals surface area contributed by atoms with Crippen molar-refractivity contribution < 1.29 is 0 Å². The first-order valence-electron chi connectivity index (χ1n) is 7.17. The summed E-state index contributed by atoms with van der Waals surface area (Å²) in [6.07, 6.45) is 0. The van der Waals surface area contributed by atoms with Crippen molar-refractivity contribution in [3.8, 4) is 0 Å². The lowest BCUT2D eigenvalue weighted by atomic mass is 10.2. The maximum Gasteiger partial charge on any atom is 0.125 e. The molecule has 0 fully saturated rings. The number of benzene rings is 2. The molecule has 3 aromatic rings. The Kier molecular flexibility index (Phi) is 4.15. The van der Waals surface area contributed by atoms with Crippen LogP contribution in [0.15, 0.2) is 48.5 Å². The van der Waals surface area contributed by atoms with E-state index in [2.05, 4.69) is 49.3 Å². The molecular weight excluding hydrogens is 314 g/mol. The van der Waals surface area contributed by atoms with Crippen LogP contribution >= 0.6 is 23.4 Å². The van der Waals surface area contributed by atoms with Gasteiger partial charge in [0.1, 0.15) is 10.9 Å². The molecule has 3 rings (SSSR count). The lowest BCUT2D eigenvalue weighted by Crippen LogP contribution is -2.17. The van der Waals surface area contributed by atoms with Gasteiger partial charge in [0.25, 0.3) is 0 Å². The molecule has 0 spiro atoms. The van der Waals surface area contributed by atoms with E-state index in [0.29, 0.717) is 0 Å². The molecule has 0 radical (unpaired) electrons. The van der Waals surface area contributed by atoms with E-state index >= 15 is 0 Å². The van der Waals surface area contributed by atoms with Crippen molar-refractivity contribution in [3.05, 3.63) is 59.1 Å². The molecule has 1 heterocycles. The number of aromatic nitrogens is 3. The third-order valence-electron chi connectivity index (χ3n) is 3.22. The Hall–Kier alpha value is -1.52. The molecule has 0 bridgehead atoms. The van der Waals surface area contributed by atoms with Crippen LogP contribution in [0.3, 0.4) is 0 Å². The Morgan fingerprint density at radius 1 is 1.05 bits per heavy atom. The molecule has 0 N–H and O–H groups in total. The third-order valence-corrected chi connectivity index (χ3v) is 4.87. The Bertz CT molecular complexity index is 774. The number of hydrogen-bond acceptors (Lipinski definition) is 3. The van der Waals surface area contributed by atoms with Gasteiger partial charge in [-0.25, -0.2) is 4.68 Å². The molecule has 0 aliphatic carbocycles. The Morgan fingerprint density at radius 2 is 1.73 bits per heavy atom. The van der Waals surface area contributed by atoms with Crippen LogP contribution in [0.4, 0.5) is 0 Å². The fourth-order valence-corrected chi connectivity index (χ4v) is 3.63. The number of hydrogen-bond donors (Lipinski definition) is 0. The van der Waals surface area contributed by atoms with Crippen molar-refractivity contribution >= 4 is 34.4 Å². The number of rotatable bonds is 3. The lowest BCUT2D eigenvalue weighted by Gasteiger charge is -2.26. The quantitative estimate of drug-likeness (QED) is 0.664. The average Bonchev–Trinajstić information content (AvgIpc) is 2.89. The SMILES string of the molecule is CC(C)(C)S[C@H](c1ccc(Cl)cc1)n1nnc2ccccc21. The highest BCUT2D eigenvalue weighted by atomic mass is 35.5. The van der Waals surface area contributed by atoms with E-state index in [1.807, 2.05) is 46.8 Å². The van der Waals surface area contributed by atoms with Crippen LogP contribution in [-0.4, -0.2) is 19.7 Å². The largest absolute Gasteiger partial charge is 0.227 e. The van der Waals surface area contributed by atoms with Crippen molar-refractivity contribution in [1.82, 2.24) is 15.0 Å². The van der Waals surface area contributed by atoms with Gasteiger partial charge in [0.05, 0.1) is 5.52 Å². The minimum atomic E-state index is 0.0599. The molecule has 2 aromatic carbocycles. The van der Waals surface area contributed by atoms with Crippen molar-refractivity contribution in [2.45, 2.75) is 30.9 Å². The summed E-state index contributed by atoms with van der Waals surface area (Å²) in [5, 5.41) is 9.48. The molecule has 3 nitrogen and oxygen atoms in total. The second-order valence-corrected chi connectivity index (χ2v) is 8.50. The summed E-state index contributed by atoms with van der Waals surface area (Å²) in [6.45, 7) is 6.62. The molecule has 0 amide bonds. The van der Waals surface area contributed by atoms with Crippen LogP contribution in [0.25, 0.3) is 11.0 Å². The zero-order valence-electron chi connectivity index (χ0n) is 12.8. The Morgan fingerprint density at radius 3 is 2.41 bits per heavy atom. The highest BCUT2D eigenvalue weighted by Gasteiger charge is 2.24. The van der Waals surface area contributed by atoms with Gasteiger partial charge in [-0.3, -0.25) is 0 Å². The maximum atomic E-state index is 6.03. The van der Waals surface area contributed by atoms with Crippen LogP contribution in [0.1, 0.15) is 31.7 Å². The van der Waals surface area contributed by atoms with Crippen molar-refractivity contribution in [2.24, 2.45) is 0 Å². The van der Waals surface area contributed by atoms with E-state index in [-0.39, 0.29) is 10.1 Å². The Balaban J connectivity index is 2.10. The topological polar surface area (TPSA) is 30.7 Å². The summed E-state index contributed by atoms with van der Waals surface area (Å²) in [5.41, 5.74) is 3.12. The number of nitrogens with zero attached hydrogens (tertiary/aromatic N) is 3. The van der Waals surface area contributed by atoms with Gasteiger partial charge >= 0.3 is 0 Å². The predicted octanol–water partition coefficient (Wildman–Crippen LogP) is 5.16. The van der Waals surface area contributed by atoms with E-state index < -0.39 is 0 Å². The first kappa shape index (κ1) is 15.4. The fourth-order valence-electron chi connectivity index (χ4n) is 2.28. The molecule has 1 atom stereocenters. The van der Waals surface area contributed by atoms with E-state index in [4.69, 9.17) is 11.6 Å². The third kappa shape index (κ3) is 3.28. The van der Waals surface area contributed by atoms with Crippen LogP contribution in [-0.2, 0) is 0 Å². The van der Waals surface area contributed by atoms with Gasteiger partial charge in [-0.2, -0.15) is 0 Å². The van der Waals surface area contributed by atoms with Gasteiger partial charge < -0.3 is 0 Å². The lowest BCUT2D eigenvalue weighted by molar-refractivity contribution is 0.645. The van der Waals surface area contributed by atoms with Crippen LogP contribution in [0, 0.1) is 0 Å². The molecule has 0 aliphatic rings. The molecule has 0 aliphatic heterocycles. The van der Waals surface area contributed by atoms with E-state index in [1.165, 1.54) is 5.56 Å². The van der Waals surface area contributed by atoms with Gasteiger partial charge in [0, 0.05) is 9.77 Å². The minimum absolute atomic E-state index is 0.0599.